The van der Waals surface area contributed by atoms with E-state index in [1.807, 2.05) is 60.7 Å². The van der Waals surface area contributed by atoms with Crippen molar-refractivity contribution in [2.45, 2.75) is 36.6 Å². The molecule has 1 aromatic heterocycles. The third-order valence-electron chi connectivity index (χ3n) is 9.08. The van der Waals surface area contributed by atoms with Gasteiger partial charge in [0.05, 0.1) is 21.6 Å². The lowest BCUT2D eigenvalue weighted by Crippen LogP contribution is -2.33. The predicted octanol–water partition coefficient (Wildman–Crippen LogP) is 6.25. The van der Waals surface area contributed by atoms with Crippen LogP contribution in [0.5, 0.6) is 0 Å². The van der Waals surface area contributed by atoms with Crippen LogP contribution in [0.15, 0.2) is 101 Å². The Kier molecular flexibility index (Phi) is 8.55. The number of hydrogen-bond donors (Lipinski definition) is 1. The largest absolute Gasteiger partial charge is 0.372 e. The van der Waals surface area contributed by atoms with Crippen LogP contribution < -0.4 is 20.0 Å². The first-order valence-corrected chi connectivity index (χ1v) is 17.5. The first-order valence-electron chi connectivity index (χ1n) is 15.8. The average molecular weight is 694 g/mol. The number of carbonyl (C=O) groups is 3. The van der Waals surface area contributed by atoms with Gasteiger partial charge in [-0.05, 0) is 66.6 Å². The highest BCUT2D eigenvalue weighted by Crippen LogP contribution is 2.54. The lowest BCUT2D eigenvalue weighted by molar-refractivity contribution is -0.384. The fraction of sp³-hybridized carbons (Fsp3) is 0.222. The molecular formula is C36H31N5O6S2. The van der Waals surface area contributed by atoms with E-state index >= 15 is 0 Å². The standard InChI is InChI=1S/C36H31N5O6S2/c1-3-38(4-2)25-13-10-22(11-14-25)29-30-31(34(44)40(33(30)43)26-15-17-27(18-16-26)41(46)47)48-35-32(29)49-36(45)39(35)20-28(42)37-24-12-9-21-7-5-6-8-23(21)19-24/h5-19,29-31H,3-4,20H2,1-2H3,(H,37,42)/t29-,30?,31?/m1/s1. The maximum Gasteiger partial charge on any atom is 0.308 e. The molecule has 1 N–H and O–H groups in total. The van der Waals surface area contributed by atoms with E-state index < -0.39 is 39.7 Å². The number of hydrogen-bond acceptors (Lipinski definition) is 9. The number of nitro benzene ring substituents is 1. The number of fused-ring (bicyclic) bond motifs is 3. The Labute approximate surface area is 289 Å². The monoisotopic (exact) mass is 693 g/mol. The van der Waals surface area contributed by atoms with Crippen LogP contribution in [0.3, 0.4) is 0 Å². The zero-order chi connectivity index (χ0) is 34.4. The molecule has 3 amide bonds. The first kappa shape index (κ1) is 32.3. The van der Waals surface area contributed by atoms with Gasteiger partial charge in [-0.15, -0.1) is 0 Å². The Bertz CT molecular complexity index is 2180. The van der Waals surface area contributed by atoms with Crippen molar-refractivity contribution >= 4 is 74.3 Å². The number of nitrogens with one attached hydrogen (secondary N) is 1. The molecule has 1 fully saturated rings. The summed E-state index contributed by atoms with van der Waals surface area (Å²) in [6, 6.07) is 26.5. The number of nitro groups is 1. The van der Waals surface area contributed by atoms with E-state index in [1.54, 1.807) is 6.07 Å². The van der Waals surface area contributed by atoms with Crippen molar-refractivity contribution < 1.29 is 19.3 Å². The molecule has 49 heavy (non-hydrogen) atoms. The number of thioether (sulfide) groups is 1. The van der Waals surface area contributed by atoms with Crippen LogP contribution in [0.25, 0.3) is 10.8 Å². The molecule has 2 unspecified atom stereocenters. The zero-order valence-corrected chi connectivity index (χ0v) is 28.2. The molecule has 7 rings (SSSR count). The van der Waals surface area contributed by atoms with Crippen molar-refractivity contribution in [1.29, 1.82) is 0 Å². The fourth-order valence-corrected chi connectivity index (χ4v) is 9.46. The van der Waals surface area contributed by atoms with Gasteiger partial charge in [0.2, 0.25) is 17.7 Å². The van der Waals surface area contributed by atoms with E-state index in [-0.39, 0.29) is 22.8 Å². The minimum absolute atomic E-state index is 0.158. The van der Waals surface area contributed by atoms with E-state index in [9.17, 15) is 29.3 Å². The molecule has 0 spiro atoms. The van der Waals surface area contributed by atoms with E-state index in [1.165, 1.54) is 28.8 Å². The van der Waals surface area contributed by atoms with Crippen LogP contribution in [0, 0.1) is 16.0 Å². The number of anilines is 3. The summed E-state index contributed by atoms with van der Waals surface area (Å²) in [4.78, 5) is 69.4. The molecular weight excluding hydrogens is 663 g/mol. The molecule has 5 aromatic rings. The molecule has 248 valence electrons. The number of rotatable bonds is 9. The first-order chi connectivity index (χ1) is 23.7. The van der Waals surface area contributed by atoms with Crippen LogP contribution in [-0.4, -0.2) is 45.6 Å². The number of aromatic nitrogens is 1. The number of carbonyl (C=O) groups excluding carboxylic acids is 3. The van der Waals surface area contributed by atoms with Crippen molar-refractivity contribution in [3.63, 3.8) is 0 Å². The van der Waals surface area contributed by atoms with Gasteiger partial charge in [-0.3, -0.25) is 33.9 Å². The van der Waals surface area contributed by atoms with Gasteiger partial charge in [0.25, 0.3) is 5.69 Å². The van der Waals surface area contributed by atoms with Gasteiger partial charge in [0, 0.05) is 47.4 Å². The minimum atomic E-state index is -0.883. The number of thiazole rings is 1. The van der Waals surface area contributed by atoms with E-state index in [0.29, 0.717) is 15.6 Å². The molecule has 0 radical (unpaired) electrons. The third kappa shape index (κ3) is 5.78. The lowest BCUT2D eigenvalue weighted by atomic mass is 9.83. The number of non-ortho nitro benzene ring substituents is 1. The predicted molar refractivity (Wildman–Crippen MR) is 192 cm³/mol. The van der Waals surface area contributed by atoms with Crippen molar-refractivity contribution in [2.24, 2.45) is 5.92 Å². The van der Waals surface area contributed by atoms with Gasteiger partial charge < -0.3 is 10.2 Å². The highest BCUT2D eigenvalue weighted by atomic mass is 32.2. The third-order valence-corrected chi connectivity index (χ3v) is 11.7. The van der Waals surface area contributed by atoms with Crippen LogP contribution in [-0.2, 0) is 20.9 Å². The molecule has 4 aromatic carbocycles. The van der Waals surface area contributed by atoms with Crippen molar-refractivity contribution in [3.8, 4) is 0 Å². The summed E-state index contributed by atoms with van der Waals surface area (Å²) in [5.41, 5.74) is 2.45. The van der Waals surface area contributed by atoms with Crippen LogP contribution in [0.4, 0.5) is 22.7 Å². The van der Waals surface area contributed by atoms with Gasteiger partial charge in [-0.1, -0.05) is 65.6 Å². The maximum absolute atomic E-state index is 14.2. The van der Waals surface area contributed by atoms with E-state index in [2.05, 4.69) is 24.1 Å². The lowest BCUT2D eigenvalue weighted by Gasteiger charge is -2.31. The maximum atomic E-state index is 14.2. The molecule has 3 atom stereocenters. The minimum Gasteiger partial charge on any atom is -0.372 e. The quantitative estimate of drug-likeness (QED) is 0.109. The second-order valence-corrected chi connectivity index (χ2v) is 13.9. The average Bonchev–Trinajstić information content (AvgIpc) is 3.55. The number of nitrogens with zero attached hydrogens (tertiary/aromatic N) is 4. The number of amides is 3. The summed E-state index contributed by atoms with van der Waals surface area (Å²) in [6.07, 6.45) is 0. The van der Waals surface area contributed by atoms with Crippen LogP contribution in [0.2, 0.25) is 0 Å². The molecule has 0 aliphatic carbocycles. The Hall–Kier alpha value is -5.27. The summed E-state index contributed by atoms with van der Waals surface area (Å²) in [6.45, 7) is 5.49. The van der Waals surface area contributed by atoms with Gasteiger partial charge in [0.15, 0.2) is 0 Å². The SMILES string of the molecule is CCN(CC)c1ccc([C@H]2c3sc(=O)n(CC(=O)Nc4ccc5ccccc5c4)c3SC3C(=O)N(c4ccc([N+](=O)[O-])cc4)C(=O)C32)cc1. The van der Waals surface area contributed by atoms with Gasteiger partial charge in [0.1, 0.15) is 11.8 Å². The topological polar surface area (TPSA) is 135 Å². The van der Waals surface area contributed by atoms with Gasteiger partial charge in [-0.2, -0.15) is 0 Å². The summed E-state index contributed by atoms with van der Waals surface area (Å²) < 4.78 is 1.39. The van der Waals surface area contributed by atoms with Crippen molar-refractivity contribution in [1.82, 2.24) is 4.57 Å². The molecule has 2 aliphatic heterocycles. The van der Waals surface area contributed by atoms with E-state index in [0.717, 1.165) is 63.1 Å². The van der Waals surface area contributed by atoms with Crippen LogP contribution in [0.1, 0.15) is 30.2 Å². The van der Waals surface area contributed by atoms with Gasteiger partial charge in [-0.25, -0.2) is 4.90 Å². The Morgan fingerprint density at radius 1 is 0.898 bits per heavy atom. The summed E-state index contributed by atoms with van der Waals surface area (Å²) in [7, 11) is 0. The smallest absolute Gasteiger partial charge is 0.308 e. The molecule has 0 bridgehead atoms. The summed E-state index contributed by atoms with van der Waals surface area (Å²) >= 11 is 2.11. The van der Waals surface area contributed by atoms with Gasteiger partial charge >= 0.3 is 4.87 Å². The molecule has 1 saturated heterocycles. The number of benzene rings is 4. The number of imide groups is 1. The zero-order valence-electron chi connectivity index (χ0n) is 26.6. The Balaban J connectivity index is 1.26. The van der Waals surface area contributed by atoms with Crippen LogP contribution >= 0.6 is 23.1 Å². The summed E-state index contributed by atoms with van der Waals surface area (Å²) in [5, 5.41) is 15.7. The van der Waals surface area contributed by atoms with E-state index in [4.69, 9.17) is 0 Å². The highest BCUT2D eigenvalue weighted by molar-refractivity contribution is 8.00. The normalized spacial score (nSPS) is 18.3. The molecule has 0 saturated carbocycles. The van der Waals surface area contributed by atoms with Crippen molar-refractivity contribution in [2.75, 3.05) is 28.2 Å². The Morgan fingerprint density at radius 2 is 1.59 bits per heavy atom. The summed E-state index contributed by atoms with van der Waals surface area (Å²) in [5.74, 6) is -2.79. The fourth-order valence-electron chi connectivity index (χ4n) is 6.68. The van der Waals surface area contributed by atoms with Crippen molar-refractivity contribution in [3.05, 3.63) is 121 Å². The molecule has 11 nitrogen and oxygen atoms in total. The molecule has 2 aliphatic rings. The highest BCUT2D eigenvalue weighted by Gasteiger charge is 2.56. The second kappa shape index (κ2) is 13.0. The Morgan fingerprint density at radius 3 is 2.27 bits per heavy atom. The molecule has 13 heteroatoms. The second-order valence-electron chi connectivity index (χ2n) is 11.8. The molecule has 3 heterocycles.